The number of hydrogen-bond donors (Lipinski definition) is 1. The molecule has 0 spiro atoms. The van der Waals surface area contributed by atoms with Crippen LogP contribution in [0, 0.1) is 11.8 Å². The van der Waals surface area contributed by atoms with Crippen molar-refractivity contribution in [3.8, 4) is 0 Å². The lowest BCUT2D eigenvalue weighted by Gasteiger charge is -2.32. The zero-order valence-corrected chi connectivity index (χ0v) is 13.6. The van der Waals surface area contributed by atoms with Gasteiger partial charge in [0, 0.05) is 6.61 Å². The third-order valence-electron chi connectivity index (χ3n) is 3.72. The molecule has 1 N–H and O–H groups in total. The molecule has 1 aliphatic carbocycles. The first-order valence-corrected chi connectivity index (χ1v) is 7.62. The summed E-state index contributed by atoms with van der Waals surface area (Å²) in [6.07, 6.45) is 4.33. The quantitative estimate of drug-likeness (QED) is 0.790. The highest BCUT2D eigenvalue weighted by molar-refractivity contribution is 5.78. The van der Waals surface area contributed by atoms with E-state index < -0.39 is 11.2 Å². The molecule has 0 aromatic carbocycles. The van der Waals surface area contributed by atoms with Crippen LogP contribution in [0.4, 0.5) is 0 Å². The van der Waals surface area contributed by atoms with Gasteiger partial charge in [0.25, 0.3) is 0 Å². The molecule has 1 saturated carbocycles. The summed E-state index contributed by atoms with van der Waals surface area (Å²) < 4.78 is 11.2. The third-order valence-corrected chi connectivity index (χ3v) is 3.72. The first-order valence-electron chi connectivity index (χ1n) is 7.62. The molecule has 0 radical (unpaired) electrons. The second kappa shape index (κ2) is 6.90. The van der Waals surface area contributed by atoms with E-state index in [1.165, 1.54) is 0 Å². The summed E-state index contributed by atoms with van der Waals surface area (Å²) in [4.78, 5) is 12.1. The SMILES string of the molecule is CC(C)(C)OC(=O)C(C)(C)OC[C@@H]1CCC[C@H](CO)C1. The number of carbonyl (C=O) groups is 1. The predicted octanol–water partition coefficient (Wildman–Crippen LogP) is 2.92. The monoisotopic (exact) mass is 286 g/mol. The van der Waals surface area contributed by atoms with E-state index in [1.807, 2.05) is 20.8 Å². The standard InChI is InChI=1S/C16H30O4/c1-15(2,3)20-14(18)16(4,5)19-11-13-8-6-7-12(9-13)10-17/h12-13,17H,6-11H2,1-5H3/t12-,13+/m0/s1. The van der Waals surface area contributed by atoms with Crippen LogP contribution in [-0.2, 0) is 14.3 Å². The maximum Gasteiger partial charge on any atom is 0.338 e. The Balaban J connectivity index is 2.44. The zero-order valence-electron chi connectivity index (χ0n) is 13.6. The molecular weight excluding hydrogens is 256 g/mol. The van der Waals surface area contributed by atoms with Crippen LogP contribution in [0.2, 0.25) is 0 Å². The number of rotatable bonds is 5. The van der Waals surface area contributed by atoms with Crippen LogP contribution in [0.1, 0.15) is 60.3 Å². The molecule has 20 heavy (non-hydrogen) atoms. The van der Waals surface area contributed by atoms with Crippen molar-refractivity contribution in [3.05, 3.63) is 0 Å². The van der Waals surface area contributed by atoms with Gasteiger partial charge in [-0.05, 0) is 65.7 Å². The number of aliphatic hydroxyl groups excluding tert-OH is 1. The van der Waals surface area contributed by atoms with E-state index in [2.05, 4.69) is 0 Å². The van der Waals surface area contributed by atoms with Crippen molar-refractivity contribution >= 4 is 5.97 Å². The molecule has 0 heterocycles. The van der Waals surface area contributed by atoms with Crippen LogP contribution in [0.15, 0.2) is 0 Å². The van der Waals surface area contributed by atoms with Crippen molar-refractivity contribution in [2.75, 3.05) is 13.2 Å². The van der Waals surface area contributed by atoms with Crippen molar-refractivity contribution in [3.63, 3.8) is 0 Å². The summed E-state index contributed by atoms with van der Waals surface area (Å²) in [6.45, 7) is 9.89. The second-order valence-electron chi connectivity index (χ2n) is 7.40. The molecule has 0 aromatic heterocycles. The fraction of sp³-hybridized carbons (Fsp3) is 0.938. The highest BCUT2D eigenvalue weighted by atomic mass is 16.6. The minimum Gasteiger partial charge on any atom is -0.458 e. The Morgan fingerprint density at radius 2 is 1.75 bits per heavy atom. The topological polar surface area (TPSA) is 55.8 Å². The molecule has 0 amide bonds. The fourth-order valence-electron chi connectivity index (χ4n) is 2.51. The largest absolute Gasteiger partial charge is 0.458 e. The van der Waals surface area contributed by atoms with Gasteiger partial charge in [-0.3, -0.25) is 0 Å². The van der Waals surface area contributed by atoms with Crippen LogP contribution in [0.25, 0.3) is 0 Å². The maximum absolute atomic E-state index is 12.1. The predicted molar refractivity (Wildman–Crippen MR) is 78.4 cm³/mol. The molecule has 0 bridgehead atoms. The molecule has 4 heteroatoms. The summed E-state index contributed by atoms with van der Waals surface area (Å²) >= 11 is 0. The van der Waals surface area contributed by atoms with Gasteiger partial charge in [0.2, 0.25) is 0 Å². The van der Waals surface area contributed by atoms with Gasteiger partial charge in [-0.25, -0.2) is 4.79 Å². The van der Waals surface area contributed by atoms with Gasteiger partial charge in [0.1, 0.15) is 5.60 Å². The summed E-state index contributed by atoms with van der Waals surface area (Å²) in [5.74, 6) is 0.504. The number of carbonyl (C=O) groups excluding carboxylic acids is 1. The first kappa shape index (κ1) is 17.4. The highest BCUT2D eigenvalue weighted by Gasteiger charge is 2.34. The van der Waals surface area contributed by atoms with Crippen molar-refractivity contribution in [1.29, 1.82) is 0 Å². The van der Waals surface area contributed by atoms with Crippen LogP contribution < -0.4 is 0 Å². The lowest BCUT2D eigenvalue weighted by Crippen LogP contribution is -2.42. The fourth-order valence-corrected chi connectivity index (χ4v) is 2.51. The molecule has 2 atom stereocenters. The normalized spacial score (nSPS) is 24.5. The molecule has 1 rings (SSSR count). The number of hydrogen-bond acceptors (Lipinski definition) is 4. The summed E-state index contributed by atoms with van der Waals surface area (Å²) in [6, 6.07) is 0. The Hall–Kier alpha value is -0.610. The van der Waals surface area contributed by atoms with Gasteiger partial charge in [-0.2, -0.15) is 0 Å². The number of ether oxygens (including phenoxy) is 2. The highest BCUT2D eigenvalue weighted by Crippen LogP contribution is 2.30. The smallest absolute Gasteiger partial charge is 0.338 e. The summed E-state index contributed by atoms with van der Waals surface area (Å²) in [5.41, 5.74) is -1.41. The van der Waals surface area contributed by atoms with Crippen molar-refractivity contribution in [2.24, 2.45) is 11.8 Å². The third kappa shape index (κ3) is 5.80. The molecule has 0 aromatic rings. The van der Waals surface area contributed by atoms with Gasteiger partial charge in [-0.1, -0.05) is 6.42 Å². The molecule has 0 unspecified atom stereocenters. The van der Waals surface area contributed by atoms with E-state index in [1.54, 1.807) is 13.8 Å². The second-order valence-corrected chi connectivity index (χ2v) is 7.40. The van der Waals surface area contributed by atoms with Crippen molar-refractivity contribution in [2.45, 2.75) is 71.5 Å². The van der Waals surface area contributed by atoms with Crippen molar-refractivity contribution in [1.82, 2.24) is 0 Å². The van der Waals surface area contributed by atoms with Gasteiger partial charge >= 0.3 is 5.97 Å². The van der Waals surface area contributed by atoms with Gasteiger partial charge in [0.05, 0.1) is 6.61 Å². The van der Waals surface area contributed by atoms with E-state index in [-0.39, 0.29) is 12.6 Å². The lowest BCUT2D eigenvalue weighted by atomic mass is 9.82. The van der Waals surface area contributed by atoms with E-state index in [0.29, 0.717) is 18.4 Å². The number of aliphatic hydroxyl groups is 1. The Labute approximate surface area is 122 Å². The van der Waals surface area contributed by atoms with Crippen molar-refractivity contribution < 1.29 is 19.4 Å². The molecule has 1 fully saturated rings. The Kier molecular flexibility index (Phi) is 6.02. The van der Waals surface area contributed by atoms with E-state index >= 15 is 0 Å². The minimum atomic E-state index is -0.917. The Morgan fingerprint density at radius 1 is 1.15 bits per heavy atom. The first-order chi connectivity index (χ1) is 9.14. The van der Waals surface area contributed by atoms with Gasteiger partial charge in [-0.15, -0.1) is 0 Å². The van der Waals surface area contributed by atoms with Crippen LogP contribution in [-0.4, -0.2) is 35.5 Å². The minimum absolute atomic E-state index is 0.256. The summed E-state index contributed by atoms with van der Waals surface area (Å²) in [7, 11) is 0. The number of esters is 1. The average Bonchev–Trinajstić information content (AvgIpc) is 2.35. The summed E-state index contributed by atoms with van der Waals surface area (Å²) in [5, 5.41) is 9.24. The Bertz CT molecular complexity index is 317. The van der Waals surface area contributed by atoms with Gasteiger partial charge < -0.3 is 14.6 Å². The molecule has 118 valence electrons. The van der Waals surface area contributed by atoms with Crippen LogP contribution in [0.5, 0.6) is 0 Å². The Morgan fingerprint density at radius 3 is 2.30 bits per heavy atom. The van der Waals surface area contributed by atoms with E-state index in [0.717, 1.165) is 25.7 Å². The molecular formula is C16H30O4. The molecule has 0 saturated heterocycles. The average molecular weight is 286 g/mol. The van der Waals surface area contributed by atoms with E-state index in [4.69, 9.17) is 9.47 Å². The molecule has 4 nitrogen and oxygen atoms in total. The maximum atomic E-state index is 12.1. The lowest BCUT2D eigenvalue weighted by molar-refractivity contribution is -0.181. The van der Waals surface area contributed by atoms with Crippen LogP contribution >= 0.6 is 0 Å². The molecule has 0 aliphatic heterocycles. The molecule has 1 aliphatic rings. The van der Waals surface area contributed by atoms with Gasteiger partial charge in [0.15, 0.2) is 5.60 Å². The van der Waals surface area contributed by atoms with E-state index in [9.17, 15) is 9.90 Å². The van der Waals surface area contributed by atoms with Crippen LogP contribution in [0.3, 0.4) is 0 Å². The zero-order chi connectivity index (χ0) is 15.4.